The van der Waals surface area contributed by atoms with Gasteiger partial charge in [-0.3, -0.25) is 0 Å². The molecule has 1 aromatic carbocycles. The van der Waals surface area contributed by atoms with Crippen molar-refractivity contribution in [3.8, 4) is 6.07 Å². The molecule has 0 aliphatic heterocycles. The molecule has 0 heterocycles. The van der Waals surface area contributed by atoms with E-state index in [0.717, 1.165) is 25.7 Å². The van der Waals surface area contributed by atoms with Crippen molar-refractivity contribution in [1.82, 2.24) is 0 Å². The van der Waals surface area contributed by atoms with Gasteiger partial charge in [0.25, 0.3) is 0 Å². The predicted octanol–water partition coefficient (Wildman–Crippen LogP) is 3.01. The Morgan fingerprint density at radius 3 is 2.53 bits per heavy atom. The summed E-state index contributed by atoms with van der Waals surface area (Å²) in [7, 11) is 0. The monoisotopic (exact) mass is 259 g/mol. The summed E-state index contributed by atoms with van der Waals surface area (Å²) in [4.78, 5) is 0. The van der Waals surface area contributed by atoms with E-state index in [1.165, 1.54) is 5.56 Å². The zero-order valence-electron chi connectivity index (χ0n) is 11.2. The molecule has 0 bridgehead atoms. The maximum absolute atomic E-state index is 9.36. The van der Waals surface area contributed by atoms with Gasteiger partial charge in [0.15, 0.2) is 5.60 Å². The molecular formula is C16H21NO2. The van der Waals surface area contributed by atoms with E-state index in [9.17, 15) is 5.26 Å². The van der Waals surface area contributed by atoms with Crippen molar-refractivity contribution in [2.75, 3.05) is 13.2 Å². The van der Waals surface area contributed by atoms with E-state index in [-0.39, 0.29) is 6.61 Å². The van der Waals surface area contributed by atoms with E-state index < -0.39 is 5.60 Å². The van der Waals surface area contributed by atoms with E-state index in [4.69, 9.17) is 9.84 Å². The molecule has 0 unspecified atom stereocenters. The van der Waals surface area contributed by atoms with Crippen LogP contribution < -0.4 is 0 Å². The molecule has 0 saturated heterocycles. The maximum atomic E-state index is 9.36. The third kappa shape index (κ3) is 3.56. The topological polar surface area (TPSA) is 53.2 Å². The first-order chi connectivity index (χ1) is 9.29. The van der Waals surface area contributed by atoms with Gasteiger partial charge in [-0.05, 0) is 43.6 Å². The number of hydrogen-bond acceptors (Lipinski definition) is 3. The van der Waals surface area contributed by atoms with E-state index in [2.05, 4.69) is 30.3 Å². The highest BCUT2D eigenvalue weighted by Gasteiger charge is 2.36. The van der Waals surface area contributed by atoms with Crippen molar-refractivity contribution in [2.24, 2.45) is 0 Å². The molecule has 1 aliphatic rings. The summed E-state index contributed by atoms with van der Waals surface area (Å²) in [5.74, 6) is 0.545. The Balaban J connectivity index is 1.92. The molecule has 1 fully saturated rings. The highest BCUT2D eigenvalue weighted by molar-refractivity contribution is 5.21. The molecule has 1 aliphatic carbocycles. The zero-order chi connectivity index (χ0) is 13.6. The second kappa shape index (κ2) is 6.70. The molecule has 0 radical (unpaired) electrons. The summed E-state index contributed by atoms with van der Waals surface area (Å²) in [6, 6.07) is 12.8. The Morgan fingerprint density at radius 1 is 1.26 bits per heavy atom. The van der Waals surface area contributed by atoms with Crippen LogP contribution in [-0.4, -0.2) is 23.9 Å². The third-order valence-corrected chi connectivity index (χ3v) is 3.95. The van der Waals surface area contributed by atoms with Crippen LogP contribution in [0.4, 0.5) is 0 Å². The lowest BCUT2D eigenvalue weighted by Crippen LogP contribution is -2.35. The molecule has 3 heteroatoms. The van der Waals surface area contributed by atoms with Gasteiger partial charge >= 0.3 is 0 Å². The Hall–Kier alpha value is -1.37. The second-order valence-electron chi connectivity index (χ2n) is 5.22. The van der Waals surface area contributed by atoms with E-state index in [0.29, 0.717) is 18.9 Å². The van der Waals surface area contributed by atoms with Gasteiger partial charge in [-0.1, -0.05) is 30.3 Å². The number of nitriles is 1. The Morgan fingerprint density at radius 2 is 1.95 bits per heavy atom. The summed E-state index contributed by atoms with van der Waals surface area (Å²) in [6.07, 6.45) is 4.17. The van der Waals surface area contributed by atoms with Gasteiger partial charge in [-0.15, -0.1) is 0 Å². The minimum Gasteiger partial charge on any atom is -0.396 e. The van der Waals surface area contributed by atoms with Gasteiger partial charge in [0.05, 0.1) is 12.7 Å². The van der Waals surface area contributed by atoms with Gasteiger partial charge < -0.3 is 9.84 Å². The van der Waals surface area contributed by atoms with Crippen molar-refractivity contribution in [2.45, 2.75) is 43.6 Å². The zero-order valence-corrected chi connectivity index (χ0v) is 11.2. The summed E-state index contributed by atoms with van der Waals surface area (Å²) in [5, 5.41) is 18.1. The summed E-state index contributed by atoms with van der Waals surface area (Å²) in [6.45, 7) is 0.591. The molecule has 1 aromatic rings. The minimum atomic E-state index is -0.625. The number of hydrogen-bond donors (Lipinski definition) is 1. The lowest BCUT2D eigenvalue weighted by Gasteiger charge is -2.35. The molecule has 3 nitrogen and oxygen atoms in total. The first-order valence-electron chi connectivity index (χ1n) is 7.01. The van der Waals surface area contributed by atoms with E-state index >= 15 is 0 Å². The van der Waals surface area contributed by atoms with Gasteiger partial charge in [0.2, 0.25) is 0 Å². The average molecular weight is 259 g/mol. The van der Waals surface area contributed by atoms with E-state index in [1.54, 1.807) is 0 Å². The standard InChI is InChI=1S/C16H21NO2/c17-13-16(19-12-4-11-18)9-7-15(8-10-16)14-5-2-1-3-6-14/h1-3,5-6,15,18H,4,7-12H2. The number of rotatable bonds is 5. The quantitative estimate of drug-likeness (QED) is 0.827. The predicted molar refractivity (Wildman–Crippen MR) is 73.6 cm³/mol. The van der Waals surface area contributed by atoms with Crippen LogP contribution in [0.25, 0.3) is 0 Å². The smallest absolute Gasteiger partial charge is 0.154 e. The fraction of sp³-hybridized carbons (Fsp3) is 0.562. The molecule has 0 atom stereocenters. The maximum Gasteiger partial charge on any atom is 0.154 e. The highest BCUT2D eigenvalue weighted by atomic mass is 16.5. The molecule has 0 aromatic heterocycles. The van der Waals surface area contributed by atoms with Gasteiger partial charge in [0, 0.05) is 6.61 Å². The molecule has 1 N–H and O–H groups in total. The van der Waals surface area contributed by atoms with Gasteiger partial charge in [-0.2, -0.15) is 5.26 Å². The van der Waals surface area contributed by atoms with Crippen LogP contribution in [-0.2, 0) is 4.74 Å². The molecule has 19 heavy (non-hydrogen) atoms. The van der Waals surface area contributed by atoms with Crippen molar-refractivity contribution in [1.29, 1.82) is 5.26 Å². The van der Waals surface area contributed by atoms with E-state index in [1.807, 2.05) is 6.07 Å². The highest BCUT2D eigenvalue weighted by Crippen LogP contribution is 2.39. The Kier molecular flexibility index (Phi) is 4.95. The first-order valence-corrected chi connectivity index (χ1v) is 7.01. The van der Waals surface area contributed by atoms with Crippen LogP contribution in [0.3, 0.4) is 0 Å². The first kappa shape index (κ1) is 14.0. The summed E-state index contributed by atoms with van der Waals surface area (Å²) < 4.78 is 5.72. The van der Waals surface area contributed by atoms with Crippen LogP contribution in [0.15, 0.2) is 30.3 Å². The minimum absolute atomic E-state index is 0.119. The van der Waals surface area contributed by atoms with Crippen LogP contribution in [0.2, 0.25) is 0 Å². The molecule has 1 saturated carbocycles. The van der Waals surface area contributed by atoms with Crippen molar-refractivity contribution in [3.63, 3.8) is 0 Å². The SMILES string of the molecule is N#CC1(OCCCO)CCC(c2ccccc2)CC1. The van der Waals surface area contributed by atoms with Crippen LogP contribution in [0.5, 0.6) is 0 Å². The lowest BCUT2D eigenvalue weighted by molar-refractivity contribution is -0.0352. The molecule has 0 amide bonds. The number of benzene rings is 1. The average Bonchev–Trinajstić information content (AvgIpc) is 2.49. The lowest BCUT2D eigenvalue weighted by atomic mass is 9.76. The molecule has 0 spiro atoms. The fourth-order valence-electron chi connectivity index (χ4n) is 2.76. The number of aliphatic hydroxyl groups is 1. The molecule has 102 valence electrons. The molecular weight excluding hydrogens is 238 g/mol. The summed E-state index contributed by atoms with van der Waals surface area (Å²) >= 11 is 0. The van der Waals surface area contributed by atoms with Crippen LogP contribution in [0, 0.1) is 11.3 Å². The Labute approximate surface area is 114 Å². The van der Waals surface area contributed by atoms with Crippen molar-refractivity contribution in [3.05, 3.63) is 35.9 Å². The largest absolute Gasteiger partial charge is 0.396 e. The number of aliphatic hydroxyl groups excluding tert-OH is 1. The number of ether oxygens (including phenoxy) is 1. The van der Waals surface area contributed by atoms with Crippen LogP contribution in [0.1, 0.15) is 43.6 Å². The van der Waals surface area contributed by atoms with Gasteiger partial charge in [-0.25, -0.2) is 0 Å². The third-order valence-electron chi connectivity index (χ3n) is 3.95. The Bertz CT molecular complexity index is 416. The van der Waals surface area contributed by atoms with Crippen LogP contribution >= 0.6 is 0 Å². The van der Waals surface area contributed by atoms with Crippen molar-refractivity contribution < 1.29 is 9.84 Å². The second-order valence-corrected chi connectivity index (χ2v) is 5.22. The fourth-order valence-corrected chi connectivity index (χ4v) is 2.76. The van der Waals surface area contributed by atoms with Gasteiger partial charge in [0.1, 0.15) is 0 Å². The van der Waals surface area contributed by atoms with Crippen molar-refractivity contribution >= 4 is 0 Å². The number of nitrogens with zero attached hydrogens (tertiary/aromatic N) is 1. The summed E-state index contributed by atoms with van der Waals surface area (Å²) in [5.41, 5.74) is 0.741. The normalized spacial score (nSPS) is 26.8. The molecule has 2 rings (SSSR count).